The summed E-state index contributed by atoms with van der Waals surface area (Å²) >= 11 is 1.69. The number of fused-ring (bicyclic) bond motifs is 1. The molecule has 15 nitrogen and oxygen atoms in total. The number of hydrogen-bond acceptors (Lipinski definition) is 12. The number of thioether (sulfide) groups is 2. The molecular weight excluding hydrogens is 489 g/mol. The second kappa shape index (κ2) is 11.0. The minimum atomic E-state index is -4.90. The van der Waals surface area contributed by atoms with E-state index in [0.717, 1.165) is 23.5 Å². The monoisotopic (exact) mass is 511 g/mol. The van der Waals surface area contributed by atoms with Crippen LogP contribution in [-0.4, -0.2) is 73.5 Å². The minimum Gasteiger partial charge on any atom is -0.385 e. The highest BCUT2D eigenvalue weighted by Gasteiger charge is 2.30. The molecule has 32 heavy (non-hydrogen) atoms. The Labute approximate surface area is 189 Å². The highest BCUT2D eigenvalue weighted by molar-refractivity contribution is 8.07. The molecule has 0 aromatic carbocycles. The third kappa shape index (κ3) is 7.70. The molecule has 0 aliphatic carbocycles. The molecule has 2 rings (SSSR count). The zero-order chi connectivity index (χ0) is 24.1. The number of anilines is 3. The van der Waals surface area contributed by atoms with E-state index in [1.807, 2.05) is 0 Å². The molecule has 2 amide bonds. The summed E-state index contributed by atoms with van der Waals surface area (Å²) < 4.78 is 15.4. The number of carbonyl (C=O) groups excluding carboxylic acids is 2. The second-order valence-corrected chi connectivity index (χ2v) is 9.57. The molecule has 1 aromatic rings. The summed E-state index contributed by atoms with van der Waals surface area (Å²) in [5.74, 6) is -1.88. The fourth-order valence-electron chi connectivity index (χ4n) is 2.55. The molecule has 2 unspecified atom stereocenters. The van der Waals surface area contributed by atoms with Gasteiger partial charge >= 0.3 is 7.82 Å². The van der Waals surface area contributed by atoms with Crippen molar-refractivity contribution in [2.24, 2.45) is 11.5 Å². The van der Waals surface area contributed by atoms with Crippen LogP contribution in [0.3, 0.4) is 0 Å². The lowest BCUT2D eigenvalue weighted by atomic mass is 10.1. The maximum atomic E-state index is 12.3. The normalized spacial score (nSPS) is 17.4. The Morgan fingerprint density at radius 2 is 1.88 bits per heavy atom. The Kier molecular flexibility index (Phi) is 8.97. The number of hydrogen-bond donors (Lipinski definition) is 9. The van der Waals surface area contributed by atoms with Gasteiger partial charge in [-0.25, -0.2) is 4.57 Å². The molecule has 18 heteroatoms. The zero-order valence-corrected chi connectivity index (χ0v) is 18.8. The summed E-state index contributed by atoms with van der Waals surface area (Å²) in [4.78, 5) is 59.4. The summed E-state index contributed by atoms with van der Waals surface area (Å²) in [6.07, 6.45) is -1.60. The number of amides is 2. The van der Waals surface area contributed by atoms with Crippen molar-refractivity contribution in [2.45, 2.75) is 12.1 Å². The Balaban J connectivity index is 2.46. The van der Waals surface area contributed by atoms with E-state index in [1.54, 1.807) is 0 Å². The van der Waals surface area contributed by atoms with Crippen LogP contribution in [-0.2, 0) is 18.7 Å². The first-order valence-electron chi connectivity index (χ1n) is 8.72. The second-order valence-electron chi connectivity index (χ2n) is 6.29. The number of phosphoric acid groups is 1. The molecule has 0 saturated carbocycles. The molecule has 0 radical (unpaired) electrons. The number of aliphatic hydroxyl groups is 1. The van der Waals surface area contributed by atoms with E-state index in [0.29, 0.717) is 0 Å². The van der Waals surface area contributed by atoms with Gasteiger partial charge in [-0.1, -0.05) is 0 Å². The fraction of sp³-hybridized carbons (Fsp3) is 0.429. The molecule has 1 aliphatic rings. The van der Waals surface area contributed by atoms with Crippen LogP contribution in [0.5, 0.6) is 0 Å². The number of nitrogen functional groups attached to an aromatic ring is 1. The van der Waals surface area contributed by atoms with Gasteiger partial charge in [0.15, 0.2) is 5.82 Å². The van der Waals surface area contributed by atoms with Gasteiger partial charge in [0.1, 0.15) is 11.8 Å². The molecule has 0 fully saturated rings. The van der Waals surface area contributed by atoms with Gasteiger partial charge in [0.25, 0.3) is 5.56 Å². The van der Waals surface area contributed by atoms with Gasteiger partial charge in [-0.3, -0.25) is 23.9 Å². The maximum absolute atomic E-state index is 12.3. The summed E-state index contributed by atoms with van der Waals surface area (Å²) in [6.45, 7) is -0.710. The number of primary amides is 2. The SMILES string of the molecule is NC(=O)CS/C(=C(/SCC(N)=O)C1CNc2nc(N)[nH]c(=O)c2N1)C(O)COP(=O)(O)O. The van der Waals surface area contributed by atoms with Crippen LogP contribution >= 0.6 is 31.3 Å². The van der Waals surface area contributed by atoms with Gasteiger partial charge in [-0.2, -0.15) is 4.98 Å². The van der Waals surface area contributed by atoms with E-state index in [-0.39, 0.29) is 45.3 Å². The number of carbonyl (C=O) groups is 2. The van der Waals surface area contributed by atoms with Crippen molar-refractivity contribution in [2.75, 3.05) is 41.0 Å². The number of aromatic nitrogens is 2. The Morgan fingerprint density at radius 1 is 1.25 bits per heavy atom. The first-order chi connectivity index (χ1) is 14.9. The van der Waals surface area contributed by atoms with Crippen molar-refractivity contribution in [3.63, 3.8) is 0 Å². The fourth-order valence-corrected chi connectivity index (χ4v) is 5.00. The minimum absolute atomic E-state index is 0.0350. The lowest BCUT2D eigenvalue weighted by Gasteiger charge is -2.31. The van der Waals surface area contributed by atoms with Crippen LogP contribution < -0.4 is 33.4 Å². The Bertz CT molecular complexity index is 1010. The highest BCUT2D eigenvalue weighted by Crippen LogP contribution is 2.39. The van der Waals surface area contributed by atoms with Gasteiger partial charge < -0.3 is 42.7 Å². The quantitative estimate of drug-likeness (QED) is 0.141. The average Bonchev–Trinajstić information content (AvgIpc) is 2.67. The summed E-state index contributed by atoms with van der Waals surface area (Å²) in [7, 11) is -4.90. The van der Waals surface area contributed by atoms with Crippen molar-refractivity contribution in [1.29, 1.82) is 0 Å². The Morgan fingerprint density at radius 3 is 2.47 bits per heavy atom. The Hall–Kier alpha value is -2.27. The number of phosphoric ester groups is 1. The van der Waals surface area contributed by atoms with E-state index < -0.39 is 43.9 Å². The molecule has 12 N–H and O–H groups in total. The summed E-state index contributed by atoms with van der Waals surface area (Å²) in [5, 5.41) is 16.4. The molecular formula is C14H22N7O8PS2. The van der Waals surface area contributed by atoms with Crippen LogP contribution in [0, 0.1) is 0 Å². The number of nitrogens with two attached hydrogens (primary N) is 3. The van der Waals surface area contributed by atoms with Gasteiger partial charge in [-0.05, 0) is 0 Å². The van der Waals surface area contributed by atoms with Crippen molar-refractivity contribution in [3.05, 3.63) is 20.2 Å². The van der Waals surface area contributed by atoms with Crippen molar-refractivity contribution in [1.82, 2.24) is 9.97 Å². The average molecular weight is 511 g/mol. The van der Waals surface area contributed by atoms with Gasteiger partial charge in [-0.15, -0.1) is 23.5 Å². The number of nitrogens with zero attached hydrogens (tertiary/aromatic N) is 1. The third-order valence-electron chi connectivity index (χ3n) is 3.73. The largest absolute Gasteiger partial charge is 0.469 e. The van der Waals surface area contributed by atoms with E-state index in [2.05, 4.69) is 25.1 Å². The molecule has 0 saturated heterocycles. The molecule has 0 bridgehead atoms. The van der Waals surface area contributed by atoms with E-state index in [4.69, 9.17) is 27.0 Å². The van der Waals surface area contributed by atoms with Crippen molar-refractivity contribution in [3.8, 4) is 0 Å². The van der Waals surface area contributed by atoms with Crippen LogP contribution in [0.25, 0.3) is 0 Å². The molecule has 178 valence electrons. The standard InChI is InChI=1S/C14H22N7O8PS2/c15-7(23)3-31-10(5-1-18-12-9(19-5)13(25)21-14(17)20-12)11(32-4-8(16)24)6(22)2-29-30(26,27)28/h5-6,19,22H,1-4H2,(H2,15,23)(H2,16,24)(H2,26,27,28)(H4,17,18,20,21,25)/b11-10+. The van der Waals surface area contributed by atoms with Crippen LogP contribution in [0.4, 0.5) is 17.5 Å². The predicted molar refractivity (Wildman–Crippen MR) is 120 cm³/mol. The predicted octanol–water partition coefficient (Wildman–Crippen LogP) is -2.32. The van der Waals surface area contributed by atoms with E-state index in [1.165, 1.54) is 0 Å². The first kappa shape index (κ1) is 26.0. The van der Waals surface area contributed by atoms with E-state index >= 15 is 0 Å². The summed E-state index contributed by atoms with van der Waals surface area (Å²) in [5.41, 5.74) is 15.4. The molecule has 1 aliphatic heterocycles. The topological polar surface area (TPSA) is 269 Å². The number of nitrogens with one attached hydrogen (secondary N) is 3. The summed E-state index contributed by atoms with van der Waals surface area (Å²) in [6, 6.07) is -0.738. The van der Waals surface area contributed by atoms with Crippen LogP contribution in [0.1, 0.15) is 0 Å². The van der Waals surface area contributed by atoms with Crippen LogP contribution in [0.15, 0.2) is 14.6 Å². The van der Waals surface area contributed by atoms with Crippen molar-refractivity contribution >= 4 is 60.6 Å². The first-order valence-corrected chi connectivity index (χ1v) is 12.2. The molecule has 2 atom stereocenters. The van der Waals surface area contributed by atoms with E-state index in [9.17, 15) is 24.1 Å². The molecule has 1 aromatic heterocycles. The number of H-pyrrole nitrogens is 1. The lowest BCUT2D eigenvalue weighted by molar-refractivity contribution is -0.116. The van der Waals surface area contributed by atoms with Gasteiger partial charge in [0.05, 0.1) is 24.2 Å². The van der Waals surface area contributed by atoms with Crippen LogP contribution in [0.2, 0.25) is 0 Å². The van der Waals surface area contributed by atoms with Gasteiger partial charge in [0, 0.05) is 16.4 Å². The van der Waals surface area contributed by atoms with Crippen molar-refractivity contribution < 1.29 is 33.6 Å². The lowest BCUT2D eigenvalue weighted by Crippen LogP contribution is -2.39. The number of aromatic amines is 1. The third-order valence-corrected chi connectivity index (χ3v) is 6.82. The number of rotatable bonds is 11. The highest BCUT2D eigenvalue weighted by atomic mass is 32.2. The molecule has 0 spiro atoms. The number of aliphatic hydroxyl groups excluding tert-OH is 1. The maximum Gasteiger partial charge on any atom is 0.469 e. The molecule has 2 heterocycles. The smallest absolute Gasteiger partial charge is 0.385 e. The zero-order valence-electron chi connectivity index (χ0n) is 16.3. The van der Waals surface area contributed by atoms with Gasteiger partial charge in [0.2, 0.25) is 17.8 Å².